The van der Waals surface area contributed by atoms with Gasteiger partial charge in [-0.3, -0.25) is 15.1 Å². The Morgan fingerprint density at radius 1 is 1.23 bits per heavy atom. The zero-order valence-corrected chi connectivity index (χ0v) is 22.2. The number of aromatic nitrogens is 2. The van der Waals surface area contributed by atoms with Gasteiger partial charge in [-0.15, -0.1) is 0 Å². The number of nitrogens with one attached hydrogen (secondary N) is 2. The molecule has 1 aliphatic carbocycles. The van der Waals surface area contributed by atoms with Crippen LogP contribution in [0.1, 0.15) is 70.1 Å². The highest BCUT2D eigenvalue weighted by Crippen LogP contribution is 2.36. The minimum atomic E-state index is -3.46. The second-order valence-corrected chi connectivity index (χ2v) is 12.4. The Labute approximate surface area is 212 Å². The Kier molecular flexibility index (Phi) is 8.56. The van der Waals surface area contributed by atoms with Crippen molar-refractivity contribution in [2.45, 2.75) is 69.3 Å². The lowest BCUT2D eigenvalue weighted by molar-refractivity contribution is -0.118. The summed E-state index contributed by atoms with van der Waals surface area (Å²) in [5.41, 5.74) is 3.97. The Hall–Kier alpha value is -2.49. The Bertz CT molecular complexity index is 1170. The fourth-order valence-corrected chi connectivity index (χ4v) is 5.37. The summed E-state index contributed by atoms with van der Waals surface area (Å²) < 4.78 is 23.9. The molecule has 2 N–H and O–H groups in total. The molecule has 0 radical (unpaired) electrons. The van der Waals surface area contributed by atoms with Gasteiger partial charge in [0.25, 0.3) is 0 Å². The van der Waals surface area contributed by atoms with Gasteiger partial charge in [-0.25, -0.2) is 18.4 Å². The van der Waals surface area contributed by atoms with Crippen LogP contribution in [0, 0.1) is 5.92 Å². The van der Waals surface area contributed by atoms with Crippen molar-refractivity contribution < 1.29 is 18.0 Å². The van der Waals surface area contributed by atoms with E-state index in [1.54, 1.807) is 12.1 Å². The first-order valence-corrected chi connectivity index (χ1v) is 13.9. The van der Waals surface area contributed by atoms with Crippen molar-refractivity contribution in [3.63, 3.8) is 0 Å². The highest BCUT2D eigenvalue weighted by Gasteiger charge is 2.28. The zero-order chi connectivity index (χ0) is 25.8. The third kappa shape index (κ3) is 7.75. The molecule has 1 unspecified atom stereocenters. The van der Waals surface area contributed by atoms with Crippen LogP contribution in [-0.4, -0.2) is 36.1 Å². The summed E-state index contributed by atoms with van der Waals surface area (Å²) in [6.45, 7) is 9.61. The number of anilines is 1. The van der Waals surface area contributed by atoms with Crippen LogP contribution in [0.4, 0.5) is 5.82 Å². The molecule has 1 saturated carbocycles. The number of hydrogen-bond acceptors (Lipinski definition) is 7. The number of sulfone groups is 1. The molecule has 1 fully saturated rings. The van der Waals surface area contributed by atoms with E-state index < -0.39 is 21.4 Å². The number of halogens is 1. The minimum Gasteiger partial charge on any atom is -0.309 e. The van der Waals surface area contributed by atoms with Gasteiger partial charge in [0, 0.05) is 6.26 Å². The van der Waals surface area contributed by atoms with E-state index in [1.807, 2.05) is 20.8 Å². The lowest BCUT2D eigenvalue weighted by Gasteiger charge is -2.21. The molecule has 2 aromatic rings. The number of carbonyl (C=O) groups is 1. The number of rotatable bonds is 9. The number of carbonyl (C=O) groups excluding carboxylic acids is 1. The molecule has 3 rings (SSSR count). The molecule has 190 valence electrons. The second-order valence-electron chi connectivity index (χ2n) is 9.97. The van der Waals surface area contributed by atoms with Crippen molar-refractivity contribution in [3.8, 4) is 0 Å². The van der Waals surface area contributed by atoms with Crippen LogP contribution in [-0.2, 0) is 19.5 Å². The van der Waals surface area contributed by atoms with E-state index in [0.717, 1.165) is 31.9 Å². The van der Waals surface area contributed by atoms with Crippen molar-refractivity contribution >= 4 is 38.9 Å². The van der Waals surface area contributed by atoms with Crippen LogP contribution in [0.25, 0.3) is 5.70 Å². The fourth-order valence-electron chi connectivity index (χ4n) is 4.04. The normalized spacial score (nSPS) is 15.6. The largest absolute Gasteiger partial charge is 0.309 e. The van der Waals surface area contributed by atoms with Crippen molar-refractivity contribution in [2.75, 3.05) is 11.6 Å². The van der Waals surface area contributed by atoms with E-state index in [0.29, 0.717) is 35.1 Å². The lowest BCUT2D eigenvalue weighted by atomic mass is 9.87. The molecule has 1 aromatic carbocycles. The zero-order valence-electron chi connectivity index (χ0n) is 20.6. The molecular weight excluding hydrogens is 488 g/mol. The standard InChI is InChI=1S/C25H33ClN4O4S/c1-16(30-34-25(2,3)4)21-14-28-23(15-27-21)29-24(31)19(12-17-8-6-7-9-17)18-10-11-22(20(26)13-18)35(5,32)33/h10-11,13-15,17,19,30H,1,6-9,12H2,2-5H3,(H,28,29,31). The summed E-state index contributed by atoms with van der Waals surface area (Å²) in [7, 11) is -3.46. The molecule has 0 aliphatic heterocycles. The molecule has 10 heteroatoms. The van der Waals surface area contributed by atoms with Crippen molar-refractivity contribution in [3.05, 3.63) is 53.5 Å². The van der Waals surface area contributed by atoms with E-state index in [-0.39, 0.29) is 15.8 Å². The number of benzene rings is 1. The summed E-state index contributed by atoms with van der Waals surface area (Å²) in [6, 6.07) is 4.71. The van der Waals surface area contributed by atoms with Gasteiger partial charge in [0.2, 0.25) is 5.91 Å². The Balaban J connectivity index is 1.77. The first-order chi connectivity index (χ1) is 16.3. The smallest absolute Gasteiger partial charge is 0.233 e. The first-order valence-electron chi connectivity index (χ1n) is 11.6. The van der Waals surface area contributed by atoms with Crippen LogP contribution in [0.15, 0.2) is 42.1 Å². The molecule has 1 aliphatic rings. The van der Waals surface area contributed by atoms with Crippen LogP contribution >= 0.6 is 11.6 Å². The molecule has 1 heterocycles. The average Bonchev–Trinajstić information content (AvgIpc) is 3.28. The molecule has 1 atom stereocenters. The van der Waals surface area contributed by atoms with Crippen LogP contribution < -0.4 is 10.8 Å². The summed E-state index contributed by atoms with van der Waals surface area (Å²) >= 11 is 6.28. The monoisotopic (exact) mass is 520 g/mol. The maximum atomic E-state index is 13.3. The van der Waals surface area contributed by atoms with Gasteiger partial charge < -0.3 is 5.32 Å². The van der Waals surface area contributed by atoms with Crippen molar-refractivity contribution in [1.82, 2.24) is 15.4 Å². The molecule has 8 nitrogen and oxygen atoms in total. The number of nitrogens with zero attached hydrogens (tertiary/aromatic N) is 2. The highest BCUT2D eigenvalue weighted by molar-refractivity contribution is 7.90. The summed E-state index contributed by atoms with van der Waals surface area (Å²) in [5, 5.41) is 2.96. The predicted octanol–water partition coefficient (Wildman–Crippen LogP) is 5.13. The molecule has 1 aromatic heterocycles. The average molecular weight is 521 g/mol. The quantitative estimate of drug-likeness (QED) is 0.441. The molecule has 1 amide bonds. The van der Waals surface area contributed by atoms with Crippen molar-refractivity contribution in [1.29, 1.82) is 0 Å². The first kappa shape index (κ1) is 27.1. The topological polar surface area (TPSA) is 110 Å². The van der Waals surface area contributed by atoms with Crippen LogP contribution in [0.5, 0.6) is 0 Å². The summed E-state index contributed by atoms with van der Waals surface area (Å²) in [5.74, 6) is -0.0130. The van der Waals surface area contributed by atoms with E-state index >= 15 is 0 Å². The van der Waals surface area contributed by atoms with Gasteiger partial charge in [0.05, 0.1) is 39.5 Å². The maximum Gasteiger partial charge on any atom is 0.233 e. The molecule has 0 saturated heterocycles. The Morgan fingerprint density at radius 2 is 1.91 bits per heavy atom. The highest BCUT2D eigenvalue weighted by atomic mass is 35.5. The third-order valence-electron chi connectivity index (χ3n) is 5.81. The van der Waals surface area contributed by atoms with Gasteiger partial charge in [0.1, 0.15) is 5.69 Å². The lowest BCUT2D eigenvalue weighted by Crippen LogP contribution is -2.28. The van der Waals surface area contributed by atoms with Gasteiger partial charge >= 0.3 is 0 Å². The summed E-state index contributed by atoms with van der Waals surface area (Å²) in [6.07, 6.45) is 9.16. The van der Waals surface area contributed by atoms with Crippen LogP contribution in [0.3, 0.4) is 0 Å². The van der Waals surface area contributed by atoms with E-state index in [2.05, 4.69) is 27.3 Å². The molecule has 0 bridgehead atoms. The van der Waals surface area contributed by atoms with Gasteiger partial charge in [0.15, 0.2) is 15.7 Å². The summed E-state index contributed by atoms with van der Waals surface area (Å²) in [4.78, 5) is 27.5. The SMILES string of the molecule is C=C(NOC(C)(C)C)c1cnc(NC(=O)C(CC2CCCC2)c2ccc(S(C)(=O)=O)c(Cl)c2)cn1. The Morgan fingerprint density at radius 3 is 2.46 bits per heavy atom. The fraction of sp³-hybridized carbons (Fsp3) is 0.480. The van der Waals surface area contributed by atoms with Crippen molar-refractivity contribution in [2.24, 2.45) is 5.92 Å². The maximum absolute atomic E-state index is 13.3. The predicted molar refractivity (Wildman–Crippen MR) is 138 cm³/mol. The molecule has 35 heavy (non-hydrogen) atoms. The van der Waals surface area contributed by atoms with Gasteiger partial charge in [-0.2, -0.15) is 0 Å². The number of amides is 1. The van der Waals surface area contributed by atoms with E-state index in [4.69, 9.17) is 16.4 Å². The number of hydrogen-bond donors (Lipinski definition) is 2. The third-order valence-corrected chi connectivity index (χ3v) is 7.39. The molecular formula is C25H33ClN4O4S. The van der Waals surface area contributed by atoms with Gasteiger partial charge in [-0.1, -0.05) is 49.9 Å². The van der Waals surface area contributed by atoms with Gasteiger partial charge in [-0.05, 0) is 50.8 Å². The van der Waals surface area contributed by atoms with Crippen LogP contribution in [0.2, 0.25) is 5.02 Å². The second kappa shape index (κ2) is 11.1. The minimum absolute atomic E-state index is 0.0497. The molecule has 0 spiro atoms. The van der Waals surface area contributed by atoms with E-state index in [9.17, 15) is 13.2 Å². The number of hydroxylamine groups is 1. The van der Waals surface area contributed by atoms with E-state index in [1.165, 1.54) is 18.5 Å².